The molecule has 0 amide bonds. The number of fused-ring (bicyclic) bond motifs is 9. The number of hydrogen-bond donors (Lipinski definition) is 0. The minimum Gasteiger partial charge on any atom is -0.454 e. The fraction of sp³-hybridized carbons (Fsp3) is 0. The lowest BCUT2D eigenvalue weighted by Gasteiger charge is -2.12. The largest absolute Gasteiger partial charge is 0.454 e. The molecule has 0 radical (unpaired) electrons. The van der Waals surface area contributed by atoms with Crippen molar-refractivity contribution in [2.75, 3.05) is 0 Å². The Hall–Kier alpha value is -7.18. The van der Waals surface area contributed by atoms with E-state index in [1.54, 1.807) is 6.20 Å². The molecule has 0 saturated heterocycles. The zero-order chi connectivity index (χ0) is 34.2. The average Bonchev–Trinajstić information content (AvgIpc) is 3.76. The van der Waals surface area contributed by atoms with Gasteiger partial charge < -0.3 is 8.98 Å². The van der Waals surface area contributed by atoms with Crippen molar-refractivity contribution in [1.82, 2.24) is 24.5 Å². The summed E-state index contributed by atoms with van der Waals surface area (Å²) in [5.74, 6) is 1.78. The van der Waals surface area contributed by atoms with E-state index in [-0.39, 0.29) is 0 Å². The summed E-state index contributed by atoms with van der Waals surface area (Å²) in [6.45, 7) is 0. The van der Waals surface area contributed by atoms with Crippen LogP contribution in [0.1, 0.15) is 0 Å². The number of rotatable bonds is 4. The second-order valence-corrected chi connectivity index (χ2v) is 13.1. The van der Waals surface area contributed by atoms with E-state index < -0.39 is 0 Å². The van der Waals surface area contributed by atoms with Crippen molar-refractivity contribution in [3.05, 3.63) is 164 Å². The maximum Gasteiger partial charge on any atom is 0.164 e. The van der Waals surface area contributed by atoms with Gasteiger partial charge >= 0.3 is 0 Å². The molecular weight excluding hydrogens is 639 g/mol. The van der Waals surface area contributed by atoms with E-state index in [0.29, 0.717) is 17.5 Å². The van der Waals surface area contributed by atoms with Gasteiger partial charge in [-0.2, -0.15) is 0 Å². The molecule has 7 aromatic carbocycles. The van der Waals surface area contributed by atoms with Crippen molar-refractivity contribution in [3.63, 3.8) is 0 Å². The summed E-state index contributed by atoms with van der Waals surface area (Å²) in [7, 11) is 0. The average molecular weight is 666 g/mol. The van der Waals surface area contributed by atoms with E-state index in [1.165, 1.54) is 26.9 Å². The Labute approximate surface area is 297 Å². The zero-order valence-corrected chi connectivity index (χ0v) is 27.7. The summed E-state index contributed by atoms with van der Waals surface area (Å²) in [6.07, 6.45) is 1.79. The third-order valence-corrected chi connectivity index (χ3v) is 10.1. The fourth-order valence-electron chi connectivity index (χ4n) is 7.64. The van der Waals surface area contributed by atoms with Gasteiger partial charge in [0.1, 0.15) is 11.1 Å². The lowest BCUT2D eigenvalue weighted by molar-refractivity contribution is 0.668. The van der Waals surface area contributed by atoms with Gasteiger partial charge in [0.25, 0.3) is 0 Å². The van der Waals surface area contributed by atoms with Crippen LogP contribution in [0.2, 0.25) is 0 Å². The molecule has 0 fully saturated rings. The maximum atomic E-state index is 6.09. The quantitative estimate of drug-likeness (QED) is 0.175. The van der Waals surface area contributed by atoms with Gasteiger partial charge in [0, 0.05) is 44.7 Å². The molecule has 0 unspecified atom stereocenters. The number of hydrogen-bond acceptors (Lipinski definition) is 5. The third kappa shape index (κ3) is 4.44. The van der Waals surface area contributed by atoms with Crippen LogP contribution < -0.4 is 0 Å². The topological polar surface area (TPSA) is 69.6 Å². The monoisotopic (exact) mass is 665 g/mol. The van der Waals surface area contributed by atoms with Gasteiger partial charge in [0.15, 0.2) is 23.1 Å². The molecule has 0 saturated carbocycles. The minimum absolute atomic E-state index is 0.577. The molecule has 0 aliphatic heterocycles. The Morgan fingerprint density at radius 2 is 1.04 bits per heavy atom. The van der Waals surface area contributed by atoms with Gasteiger partial charge in [0.2, 0.25) is 0 Å². The number of aromatic nitrogens is 5. The number of benzene rings is 7. The van der Waals surface area contributed by atoms with Crippen LogP contribution in [0.25, 0.3) is 105 Å². The molecule has 0 bridgehead atoms. The molecule has 4 aromatic heterocycles. The highest BCUT2D eigenvalue weighted by Crippen LogP contribution is 2.35. The normalized spacial score (nSPS) is 11.8. The van der Waals surface area contributed by atoms with Crippen molar-refractivity contribution < 1.29 is 4.42 Å². The second kappa shape index (κ2) is 11.2. The maximum absolute atomic E-state index is 6.09. The molecular formula is C46H27N5O. The Morgan fingerprint density at radius 3 is 1.83 bits per heavy atom. The van der Waals surface area contributed by atoms with Crippen LogP contribution in [-0.4, -0.2) is 24.5 Å². The Morgan fingerprint density at radius 1 is 0.404 bits per heavy atom. The van der Waals surface area contributed by atoms with Crippen LogP contribution >= 0.6 is 0 Å². The van der Waals surface area contributed by atoms with Crippen molar-refractivity contribution in [2.24, 2.45) is 0 Å². The van der Waals surface area contributed by atoms with Gasteiger partial charge in [0.05, 0.1) is 11.0 Å². The number of furan rings is 1. The predicted octanol–water partition coefficient (Wildman–Crippen LogP) is 11.6. The lowest BCUT2D eigenvalue weighted by atomic mass is 10.00. The first kappa shape index (κ1) is 28.6. The highest BCUT2D eigenvalue weighted by molar-refractivity contribution is 6.10. The van der Waals surface area contributed by atoms with Crippen molar-refractivity contribution in [2.45, 2.75) is 0 Å². The van der Waals surface area contributed by atoms with E-state index in [9.17, 15) is 0 Å². The lowest BCUT2D eigenvalue weighted by Crippen LogP contribution is -2.01. The van der Waals surface area contributed by atoms with Crippen LogP contribution in [0, 0.1) is 0 Å². The third-order valence-electron chi connectivity index (χ3n) is 10.1. The smallest absolute Gasteiger partial charge is 0.164 e. The van der Waals surface area contributed by atoms with E-state index >= 15 is 0 Å². The molecule has 11 rings (SSSR count). The zero-order valence-electron chi connectivity index (χ0n) is 27.7. The molecule has 6 heteroatoms. The summed E-state index contributed by atoms with van der Waals surface area (Å²) in [6, 6.07) is 54.7. The summed E-state index contributed by atoms with van der Waals surface area (Å²) in [5, 5.41) is 8.11. The summed E-state index contributed by atoms with van der Waals surface area (Å²) in [5.41, 5.74) is 8.34. The molecule has 0 spiro atoms. The van der Waals surface area contributed by atoms with Crippen LogP contribution in [-0.2, 0) is 0 Å². The van der Waals surface area contributed by atoms with Gasteiger partial charge in [-0.3, -0.25) is 4.98 Å². The number of para-hydroxylation sites is 2. The Bertz CT molecular complexity index is 3160. The first-order valence-corrected chi connectivity index (χ1v) is 17.3. The fourth-order valence-corrected chi connectivity index (χ4v) is 7.64. The van der Waals surface area contributed by atoms with Crippen LogP contribution in [0.4, 0.5) is 0 Å². The highest BCUT2D eigenvalue weighted by atomic mass is 16.3. The molecule has 0 N–H and O–H groups in total. The first-order chi connectivity index (χ1) is 25.7. The number of pyridine rings is 1. The SMILES string of the molecule is c1cc(-c2nc(-c3ccc4c(ccc5ccccc54)c3)nc(-c3ccc4oc5cccnc5c4c3)n2)cc(-n2c3ccccc3c3ccccc32)c1. The first-order valence-electron chi connectivity index (χ1n) is 17.3. The van der Waals surface area contributed by atoms with Crippen molar-refractivity contribution in [3.8, 4) is 39.9 Å². The second-order valence-electron chi connectivity index (χ2n) is 13.1. The molecule has 0 atom stereocenters. The Balaban J connectivity index is 1.12. The van der Waals surface area contributed by atoms with E-state index in [0.717, 1.165) is 60.9 Å². The minimum atomic E-state index is 0.577. The number of nitrogens with zero attached hydrogens (tertiary/aromatic N) is 5. The van der Waals surface area contributed by atoms with Crippen molar-refractivity contribution in [1.29, 1.82) is 0 Å². The molecule has 52 heavy (non-hydrogen) atoms. The molecule has 4 heterocycles. The standard InChI is InChI=1S/C46H27N5O/c1-2-12-34-28(9-1)18-19-29-25-31(20-22-35(29)34)45-48-44(49-46(50-45)32-21-23-41-38(27-32)43-42(52-41)17-8-24-47-43)30-10-7-11-33(26-30)51-39-15-5-3-13-36(39)37-14-4-6-16-40(37)51/h1-27H. The Kier molecular flexibility index (Phi) is 6.15. The predicted molar refractivity (Wildman–Crippen MR) is 211 cm³/mol. The molecule has 0 aliphatic carbocycles. The molecule has 11 aromatic rings. The van der Waals surface area contributed by atoms with Gasteiger partial charge in [-0.1, -0.05) is 97.1 Å². The molecule has 0 aliphatic rings. The van der Waals surface area contributed by atoms with Crippen LogP contribution in [0.5, 0.6) is 0 Å². The van der Waals surface area contributed by atoms with Gasteiger partial charge in [-0.05, 0) is 82.2 Å². The highest BCUT2D eigenvalue weighted by Gasteiger charge is 2.17. The van der Waals surface area contributed by atoms with Gasteiger partial charge in [-0.15, -0.1) is 0 Å². The van der Waals surface area contributed by atoms with E-state index in [1.807, 2.05) is 24.3 Å². The van der Waals surface area contributed by atoms with E-state index in [4.69, 9.17) is 19.4 Å². The van der Waals surface area contributed by atoms with E-state index in [2.05, 4.69) is 143 Å². The molecule has 242 valence electrons. The summed E-state index contributed by atoms with van der Waals surface area (Å²) < 4.78 is 8.41. The molecule has 6 nitrogen and oxygen atoms in total. The van der Waals surface area contributed by atoms with Crippen LogP contribution in [0.3, 0.4) is 0 Å². The summed E-state index contributed by atoms with van der Waals surface area (Å²) >= 11 is 0. The van der Waals surface area contributed by atoms with Crippen LogP contribution in [0.15, 0.2) is 168 Å². The van der Waals surface area contributed by atoms with Gasteiger partial charge in [-0.25, -0.2) is 15.0 Å². The van der Waals surface area contributed by atoms with Crippen molar-refractivity contribution >= 4 is 65.4 Å². The summed E-state index contributed by atoms with van der Waals surface area (Å²) in [4.78, 5) is 20.0.